The summed E-state index contributed by atoms with van der Waals surface area (Å²) in [5, 5.41) is 13.2. The molecule has 4 heterocycles. The average Bonchev–Trinajstić information content (AvgIpc) is 3.41. The van der Waals surface area contributed by atoms with Gasteiger partial charge in [0.2, 0.25) is 0 Å². The zero-order valence-corrected chi connectivity index (χ0v) is 13.7. The lowest BCUT2D eigenvalue weighted by Crippen LogP contribution is -2.47. The maximum atomic E-state index is 13.9. The van der Waals surface area contributed by atoms with Crippen molar-refractivity contribution in [3.8, 4) is 0 Å². The molecule has 0 atom stereocenters. The number of pyridine rings is 1. The number of aromatic nitrogens is 5. The minimum Gasteiger partial charge on any atom is -0.352 e. The van der Waals surface area contributed by atoms with E-state index in [1.807, 2.05) is 21.5 Å². The number of rotatable bonds is 3. The van der Waals surface area contributed by atoms with Gasteiger partial charge in [0.15, 0.2) is 23.1 Å². The van der Waals surface area contributed by atoms with Crippen LogP contribution in [0.25, 0.3) is 5.65 Å². The molecule has 0 spiro atoms. The Morgan fingerprint density at radius 3 is 2.52 bits per heavy atom. The van der Waals surface area contributed by atoms with Crippen LogP contribution in [0.3, 0.4) is 0 Å². The van der Waals surface area contributed by atoms with Gasteiger partial charge in [-0.15, -0.1) is 15.3 Å². The molecule has 7 nitrogen and oxygen atoms in total. The molecule has 0 aromatic carbocycles. The Bertz CT molecular complexity index is 912. The van der Waals surface area contributed by atoms with E-state index in [2.05, 4.69) is 20.1 Å². The summed E-state index contributed by atoms with van der Waals surface area (Å²) in [7, 11) is 0. The molecule has 1 saturated heterocycles. The Balaban J connectivity index is 1.36. The van der Waals surface area contributed by atoms with Crippen molar-refractivity contribution in [1.29, 1.82) is 0 Å². The van der Waals surface area contributed by atoms with Crippen LogP contribution in [0.2, 0.25) is 0 Å². The van der Waals surface area contributed by atoms with Crippen LogP contribution < -0.4 is 9.80 Å². The van der Waals surface area contributed by atoms with Gasteiger partial charge < -0.3 is 9.80 Å². The molecule has 0 amide bonds. The van der Waals surface area contributed by atoms with Gasteiger partial charge in [0, 0.05) is 38.3 Å². The number of halogens is 1. The Morgan fingerprint density at radius 1 is 0.960 bits per heavy atom. The standard InChI is InChI=1S/C17H18FN7/c18-13-2-1-7-19-17(13)24-10-8-23(9-11-24)15-6-5-14-20-21-16(12-3-4-12)25(14)22-15/h1-2,5-7,12H,3-4,8-11H2. The molecule has 0 bridgehead atoms. The fraction of sp³-hybridized carbons (Fsp3) is 0.412. The Hall–Kier alpha value is -2.77. The minimum atomic E-state index is -0.269. The lowest BCUT2D eigenvalue weighted by atomic mass is 10.3. The maximum Gasteiger partial charge on any atom is 0.178 e. The van der Waals surface area contributed by atoms with Crippen LogP contribution in [0.1, 0.15) is 24.6 Å². The van der Waals surface area contributed by atoms with Crippen molar-refractivity contribution in [2.24, 2.45) is 0 Å². The second-order valence-corrected chi connectivity index (χ2v) is 6.58. The van der Waals surface area contributed by atoms with Crippen molar-refractivity contribution in [2.45, 2.75) is 18.8 Å². The van der Waals surface area contributed by atoms with Gasteiger partial charge in [0.25, 0.3) is 0 Å². The van der Waals surface area contributed by atoms with Crippen LogP contribution in [-0.4, -0.2) is 51.0 Å². The summed E-state index contributed by atoms with van der Waals surface area (Å²) in [6, 6.07) is 7.02. The third kappa shape index (κ3) is 2.57. The van der Waals surface area contributed by atoms with Gasteiger partial charge in [-0.25, -0.2) is 9.37 Å². The quantitative estimate of drug-likeness (QED) is 0.726. The highest BCUT2D eigenvalue weighted by Gasteiger charge is 2.29. The van der Waals surface area contributed by atoms with Crippen LogP contribution in [0.4, 0.5) is 16.0 Å². The average molecular weight is 339 g/mol. The van der Waals surface area contributed by atoms with Crippen LogP contribution >= 0.6 is 0 Å². The molecule has 8 heteroatoms. The van der Waals surface area contributed by atoms with E-state index in [4.69, 9.17) is 5.10 Å². The zero-order valence-electron chi connectivity index (χ0n) is 13.7. The number of anilines is 2. The highest BCUT2D eigenvalue weighted by atomic mass is 19.1. The number of nitrogens with zero attached hydrogens (tertiary/aromatic N) is 7. The fourth-order valence-corrected chi connectivity index (χ4v) is 3.32. The van der Waals surface area contributed by atoms with Gasteiger partial charge in [-0.05, 0) is 37.1 Å². The molecule has 5 rings (SSSR count). The van der Waals surface area contributed by atoms with Crippen LogP contribution in [0.5, 0.6) is 0 Å². The lowest BCUT2D eigenvalue weighted by Gasteiger charge is -2.36. The van der Waals surface area contributed by atoms with E-state index in [0.717, 1.165) is 30.4 Å². The molecule has 3 aromatic heterocycles. The van der Waals surface area contributed by atoms with Crippen LogP contribution in [0.15, 0.2) is 30.5 Å². The number of fused-ring (bicyclic) bond motifs is 1. The first-order valence-corrected chi connectivity index (χ1v) is 8.62. The van der Waals surface area contributed by atoms with Gasteiger partial charge in [-0.3, -0.25) is 0 Å². The van der Waals surface area contributed by atoms with E-state index < -0.39 is 0 Å². The number of piperazine rings is 1. The Kier molecular flexibility index (Phi) is 3.29. The molecule has 0 radical (unpaired) electrons. The normalized spacial score (nSPS) is 18.1. The monoisotopic (exact) mass is 339 g/mol. The largest absolute Gasteiger partial charge is 0.352 e. The van der Waals surface area contributed by atoms with Crippen LogP contribution in [-0.2, 0) is 0 Å². The van der Waals surface area contributed by atoms with Crippen molar-refractivity contribution < 1.29 is 4.39 Å². The zero-order chi connectivity index (χ0) is 16.8. The van der Waals surface area contributed by atoms with E-state index in [0.29, 0.717) is 24.8 Å². The molecule has 3 aromatic rings. The van der Waals surface area contributed by atoms with Gasteiger partial charge >= 0.3 is 0 Å². The molecule has 2 fully saturated rings. The summed E-state index contributed by atoms with van der Waals surface area (Å²) in [5.41, 5.74) is 0.792. The van der Waals surface area contributed by atoms with E-state index in [-0.39, 0.29) is 5.82 Å². The molecule has 2 aliphatic rings. The van der Waals surface area contributed by atoms with E-state index >= 15 is 0 Å². The summed E-state index contributed by atoms with van der Waals surface area (Å²) in [6.07, 6.45) is 3.97. The highest BCUT2D eigenvalue weighted by molar-refractivity contribution is 5.48. The first-order chi connectivity index (χ1) is 12.3. The first-order valence-electron chi connectivity index (χ1n) is 8.62. The number of hydrogen-bond acceptors (Lipinski definition) is 6. The van der Waals surface area contributed by atoms with Gasteiger partial charge in [0.1, 0.15) is 5.82 Å². The summed E-state index contributed by atoms with van der Waals surface area (Å²) >= 11 is 0. The Morgan fingerprint density at radius 2 is 1.76 bits per heavy atom. The van der Waals surface area contributed by atoms with Gasteiger partial charge in [-0.1, -0.05) is 0 Å². The van der Waals surface area contributed by atoms with E-state index in [1.165, 1.54) is 18.9 Å². The van der Waals surface area contributed by atoms with Crippen molar-refractivity contribution in [1.82, 2.24) is 24.8 Å². The van der Waals surface area contributed by atoms with Crippen molar-refractivity contribution in [2.75, 3.05) is 36.0 Å². The van der Waals surface area contributed by atoms with Crippen molar-refractivity contribution in [3.05, 3.63) is 42.1 Å². The molecular weight excluding hydrogens is 321 g/mol. The van der Waals surface area contributed by atoms with Gasteiger partial charge in [0.05, 0.1) is 0 Å². The van der Waals surface area contributed by atoms with E-state index in [9.17, 15) is 4.39 Å². The van der Waals surface area contributed by atoms with Gasteiger partial charge in [-0.2, -0.15) is 4.52 Å². The Labute approximate surface area is 144 Å². The first kappa shape index (κ1) is 14.6. The fourth-order valence-electron chi connectivity index (χ4n) is 3.32. The predicted octanol–water partition coefficient (Wildman–Crippen LogP) is 1.86. The molecule has 0 unspecified atom stereocenters. The topological polar surface area (TPSA) is 62.5 Å². The highest BCUT2D eigenvalue weighted by Crippen LogP contribution is 2.38. The molecule has 0 N–H and O–H groups in total. The molecule has 1 saturated carbocycles. The molecular formula is C17H18FN7. The molecule has 1 aliphatic heterocycles. The maximum absolute atomic E-state index is 13.9. The predicted molar refractivity (Wildman–Crippen MR) is 91.4 cm³/mol. The third-order valence-corrected chi connectivity index (χ3v) is 4.86. The molecule has 128 valence electrons. The van der Waals surface area contributed by atoms with E-state index in [1.54, 1.807) is 12.3 Å². The van der Waals surface area contributed by atoms with Crippen molar-refractivity contribution in [3.63, 3.8) is 0 Å². The second-order valence-electron chi connectivity index (χ2n) is 6.58. The SMILES string of the molecule is Fc1cccnc1N1CCN(c2ccc3nnc(C4CC4)n3n2)CC1. The summed E-state index contributed by atoms with van der Waals surface area (Å²) in [4.78, 5) is 8.37. The summed E-state index contributed by atoms with van der Waals surface area (Å²) in [5.74, 6) is 2.54. The third-order valence-electron chi connectivity index (χ3n) is 4.86. The molecule has 25 heavy (non-hydrogen) atoms. The summed E-state index contributed by atoms with van der Waals surface area (Å²) < 4.78 is 15.8. The smallest absolute Gasteiger partial charge is 0.178 e. The molecule has 1 aliphatic carbocycles. The van der Waals surface area contributed by atoms with Crippen LogP contribution in [0, 0.1) is 5.82 Å². The number of hydrogen-bond donors (Lipinski definition) is 0. The second kappa shape index (κ2) is 5.65. The van der Waals surface area contributed by atoms with Crippen molar-refractivity contribution >= 4 is 17.3 Å². The lowest BCUT2D eigenvalue weighted by molar-refractivity contribution is 0.585. The summed E-state index contributed by atoms with van der Waals surface area (Å²) in [6.45, 7) is 2.97. The minimum absolute atomic E-state index is 0.269.